The van der Waals surface area contributed by atoms with Crippen LogP contribution in [0, 0.1) is 0 Å². The van der Waals surface area contributed by atoms with Crippen LogP contribution < -0.4 is 5.56 Å². The van der Waals surface area contributed by atoms with Crippen molar-refractivity contribution in [1.82, 2.24) is 19.9 Å². The Balaban J connectivity index is 1.47. The van der Waals surface area contributed by atoms with E-state index in [2.05, 4.69) is 19.9 Å². The fourth-order valence-electron chi connectivity index (χ4n) is 2.72. The lowest BCUT2D eigenvalue weighted by Crippen LogP contribution is -2.05. The van der Waals surface area contributed by atoms with Crippen LogP contribution in [-0.2, 0) is 20.7 Å². The number of H-pyrrole nitrogens is 2. The number of rotatable bonds is 13. The standard InChI is InChI=1S/C18H26N4O4/c23-11-8-10-15(24)26-12-7-5-3-1-2-4-6-9-14-21-16-17(22-14)19-13-20-18(16)25/h11,13H,1-10,12H2,(H2,19,20,21,22,25). The van der Waals surface area contributed by atoms with Gasteiger partial charge < -0.3 is 19.5 Å². The number of hydrogen-bond donors (Lipinski definition) is 2. The number of aldehydes is 1. The molecular formula is C18H26N4O4. The van der Waals surface area contributed by atoms with Gasteiger partial charge in [0.05, 0.1) is 19.4 Å². The molecule has 0 radical (unpaired) electrons. The highest BCUT2D eigenvalue weighted by molar-refractivity contribution is 5.72. The first-order valence-corrected chi connectivity index (χ1v) is 9.22. The Morgan fingerprint density at radius 3 is 2.58 bits per heavy atom. The van der Waals surface area contributed by atoms with Gasteiger partial charge in [-0.2, -0.15) is 0 Å². The number of nitrogens with one attached hydrogen (secondary N) is 2. The molecule has 2 aromatic heterocycles. The van der Waals surface area contributed by atoms with Crippen molar-refractivity contribution >= 4 is 23.4 Å². The monoisotopic (exact) mass is 362 g/mol. The molecule has 0 spiro atoms. The fourth-order valence-corrected chi connectivity index (χ4v) is 2.72. The second-order valence-electron chi connectivity index (χ2n) is 6.26. The van der Waals surface area contributed by atoms with E-state index >= 15 is 0 Å². The zero-order chi connectivity index (χ0) is 18.6. The summed E-state index contributed by atoms with van der Waals surface area (Å²) in [6.45, 7) is 0.441. The minimum atomic E-state index is -0.292. The molecule has 8 nitrogen and oxygen atoms in total. The zero-order valence-corrected chi connectivity index (χ0v) is 15.0. The van der Waals surface area contributed by atoms with Crippen molar-refractivity contribution in [3.63, 3.8) is 0 Å². The molecule has 0 saturated heterocycles. The number of hydrogen-bond acceptors (Lipinski definition) is 6. The molecule has 0 bridgehead atoms. The van der Waals surface area contributed by atoms with E-state index in [0.717, 1.165) is 63.5 Å². The maximum Gasteiger partial charge on any atom is 0.306 e. The molecule has 0 fully saturated rings. The molecule has 0 aliphatic carbocycles. The van der Waals surface area contributed by atoms with Gasteiger partial charge in [-0.3, -0.25) is 9.59 Å². The molecular weight excluding hydrogens is 336 g/mol. The summed E-state index contributed by atoms with van der Waals surface area (Å²) in [6, 6.07) is 0. The molecule has 2 aromatic rings. The van der Waals surface area contributed by atoms with E-state index in [-0.39, 0.29) is 24.4 Å². The van der Waals surface area contributed by atoms with Crippen LogP contribution in [-0.4, -0.2) is 38.8 Å². The number of aromatic nitrogens is 4. The molecule has 0 atom stereocenters. The van der Waals surface area contributed by atoms with Crippen LogP contribution in [0.15, 0.2) is 11.1 Å². The van der Waals surface area contributed by atoms with Crippen LogP contribution in [0.2, 0.25) is 0 Å². The Hall–Kier alpha value is -2.51. The number of imidazole rings is 1. The van der Waals surface area contributed by atoms with Crippen LogP contribution in [0.5, 0.6) is 0 Å². The van der Waals surface area contributed by atoms with Crippen LogP contribution in [0.3, 0.4) is 0 Å². The first-order chi connectivity index (χ1) is 12.7. The number of aromatic amines is 2. The Morgan fingerprint density at radius 1 is 1.12 bits per heavy atom. The summed E-state index contributed by atoms with van der Waals surface area (Å²) in [5.74, 6) is 0.514. The number of ether oxygens (including phenoxy) is 1. The number of fused-ring (bicyclic) bond motifs is 1. The lowest BCUT2D eigenvalue weighted by molar-refractivity contribution is -0.144. The van der Waals surface area contributed by atoms with Gasteiger partial charge >= 0.3 is 5.97 Å². The van der Waals surface area contributed by atoms with E-state index in [0.29, 0.717) is 17.8 Å². The van der Waals surface area contributed by atoms with Crippen LogP contribution >= 0.6 is 0 Å². The van der Waals surface area contributed by atoms with Crippen molar-refractivity contribution in [1.29, 1.82) is 0 Å². The molecule has 0 aliphatic heterocycles. The summed E-state index contributed by atoms with van der Waals surface area (Å²) in [4.78, 5) is 46.8. The van der Waals surface area contributed by atoms with Gasteiger partial charge in [0.2, 0.25) is 0 Å². The van der Waals surface area contributed by atoms with Gasteiger partial charge in [0.15, 0.2) is 11.2 Å². The van der Waals surface area contributed by atoms with Crippen LogP contribution in [0.25, 0.3) is 11.2 Å². The van der Waals surface area contributed by atoms with Crippen molar-refractivity contribution in [3.8, 4) is 0 Å². The minimum Gasteiger partial charge on any atom is -0.466 e. The molecule has 2 rings (SSSR count). The van der Waals surface area contributed by atoms with Crippen molar-refractivity contribution in [2.45, 2.75) is 64.2 Å². The number of unbranched alkanes of at least 4 members (excludes halogenated alkanes) is 6. The molecule has 142 valence electrons. The van der Waals surface area contributed by atoms with Gasteiger partial charge in [0.25, 0.3) is 5.56 Å². The molecule has 2 N–H and O–H groups in total. The highest BCUT2D eigenvalue weighted by atomic mass is 16.5. The molecule has 0 saturated carbocycles. The Kier molecular flexibility index (Phi) is 8.51. The maximum absolute atomic E-state index is 11.6. The highest BCUT2D eigenvalue weighted by Gasteiger charge is 2.06. The molecule has 26 heavy (non-hydrogen) atoms. The summed E-state index contributed by atoms with van der Waals surface area (Å²) in [5.41, 5.74) is 0.716. The molecule has 2 heterocycles. The van der Waals surface area contributed by atoms with E-state index in [9.17, 15) is 14.4 Å². The van der Waals surface area contributed by atoms with Gasteiger partial charge in [-0.15, -0.1) is 0 Å². The summed E-state index contributed by atoms with van der Waals surface area (Å²) >= 11 is 0. The van der Waals surface area contributed by atoms with E-state index < -0.39 is 0 Å². The number of esters is 1. The van der Waals surface area contributed by atoms with E-state index in [1.807, 2.05) is 0 Å². The third-order valence-electron chi connectivity index (χ3n) is 4.13. The lowest BCUT2D eigenvalue weighted by Gasteiger charge is -2.04. The van der Waals surface area contributed by atoms with Gasteiger partial charge in [0, 0.05) is 12.8 Å². The predicted octanol–water partition coefficient (Wildman–Crippen LogP) is 2.44. The topological polar surface area (TPSA) is 118 Å². The average molecular weight is 362 g/mol. The van der Waals surface area contributed by atoms with Crippen molar-refractivity contribution in [2.75, 3.05) is 6.61 Å². The number of carbonyl (C=O) groups excluding carboxylic acids is 2. The number of nitrogens with zero attached hydrogens (tertiary/aromatic N) is 2. The SMILES string of the molecule is O=CCCC(=O)OCCCCCCCCCc1nc2nc[nH]c(=O)c2[nH]1. The summed E-state index contributed by atoms with van der Waals surface area (Å²) < 4.78 is 5.03. The van der Waals surface area contributed by atoms with Crippen molar-refractivity contribution < 1.29 is 14.3 Å². The molecule has 0 aliphatic rings. The maximum atomic E-state index is 11.6. The predicted molar refractivity (Wildman–Crippen MR) is 96.8 cm³/mol. The molecule has 0 amide bonds. The minimum absolute atomic E-state index is 0.180. The summed E-state index contributed by atoms with van der Waals surface area (Å²) in [7, 11) is 0. The van der Waals surface area contributed by atoms with Gasteiger partial charge in [0.1, 0.15) is 12.1 Å². The molecule has 0 unspecified atom stereocenters. The number of carbonyl (C=O) groups is 2. The first kappa shape index (κ1) is 19.8. The van der Waals surface area contributed by atoms with E-state index in [4.69, 9.17) is 4.74 Å². The first-order valence-electron chi connectivity index (χ1n) is 9.22. The average Bonchev–Trinajstić information content (AvgIpc) is 3.06. The molecule has 0 aromatic carbocycles. The third-order valence-corrected chi connectivity index (χ3v) is 4.13. The van der Waals surface area contributed by atoms with Crippen molar-refractivity contribution in [2.24, 2.45) is 0 Å². The molecule has 8 heteroatoms. The Bertz CT molecular complexity index is 753. The zero-order valence-electron chi connectivity index (χ0n) is 15.0. The van der Waals surface area contributed by atoms with Gasteiger partial charge in [-0.05, 0) is 12.8 Å². The van der Waals surface area contributed by atoms with Crippen molar-refractivity contribution in [3.05, 3.63) is 22.5 Å². The largest absolute Gasteiger partial charge is 0.466 e. The summed E-state index contributed by atoms with van der Waals surface area (Å²) in [6.07, 6.45) is 10.8. The van der Waals surface area contributed by atoms with Gasteiger partial charge in [-0.1, -0.05) is 32.1 Å². The summed E-state index contributed by atoms with van der Waals surface area (Å²) in [5, 5.41) is 0. The van der Waals surface area contributed by atoms with Crippen LogP contribution in [0.1, 0.15) is 63.6 Å². The lowest BCUT2D eigenvalue weighted by atomic mass is 10.1. The van der Waals surface area contributed by atoms with Gasteiger partial charge in [-0.25, -0.2) is 9.97 Å². The third kappa shape index (κ3) is 6.78. The second kappa shape index (κ2) is 11.2. The normalized spacial score (nSPS) is 10.9. The fraction of sp³-hybridized carbons (Fsp3) is 0.611. The smallest absolute Gasteiger partial charge is 0.306 e. The van der Waals surface area contributed by atoms with E-state index in [1.165, 1.54) is 6.33 Å². The van der Waals surface area contributed by atoms with E-state index in [1.54, 1.807) is 0 Å². The Morgan fingerprint density at radius 2 is 1.85 bits per heavy atom. The second-order valence-corrected chi connectivity index (χ2v) is 6.26. The number of aryl methyl sites for hydroxylation is 1. The Labute approximate surface area is 151 Å². The quantitative estimate of drug-likeness (QED) is 0.321. The van der Waals surface area contributed by atoms with Crippen LogP contribution in [0.4, 0.5) is 0 Å². The highest BCUT2D eigenvalue weighted by Crippen LogP contribution is 2.11.